The highest BCUT2D eigenvalue weighted by Crippen LogP contribution is 2.31. The molecule has 0 N–H and O–H groups in total. The third-order valence-electron chi connectivity index (χ3n) is 3.98. The smallest absolute Gasteiger partial charge is 0.237 e. The number of benzene rings is 1. The topological polar surface area (TPSA) is 63.9 Å². The maximum atomic E-state index is 12.3. The highest BCUT2D eigenvalue weighted by atomic mass is 32.2. The number of rotatable bonds is 5. The second-order valence-corrected chi connectivity index (χ2v) is 6.36. The number of carbonyl (C=O) groups is 1. The Morgan fingerprint density at radius 1 is 1.32 bits per heavy atom. The summed E-state index contributed by atoms with van der Waals surface area (Å²) in [5.74, 6) is 0.371. The normalized spacial score (nSPS) is 15.1. The van der Waals surface area contributed by atoms with Crippen molar-refractivity contribution in [1.29, 1.82) is 0 Å². The molecule has 0 unspecified atom stereocenters. The molecule has 3 rings (SSSR count). The minimum atomic E-state index is 0.0390. The monoisotopic (exact) mass is 317 g/mol. The fraction of sp³-hybridized carbons (Fsp3) is 0.467. The lowest BCUT2D eigenvalue weighted by molar-refractivity contribution is -0.115. The Balaban J connectivity index is 1.61. The van der Waals surface area contributed by atoms with E-state index in [1.54, 1.807) is 11.9 Å². The first-order chi connectivity index (χ1) is 10.8. The van der Waals surface area contributed by atoms with Gasteiger partial charge in [0.1, 0.15) is 0 Å². The van der Waals surface area contributed by atoms with Gasteiger partial charge in [-0.25, -0.2) is 4.68 Å². The summed E-state index contributed by atoms with van der Waals surface area (Å²) in [5.41, 5.74) is 0.892. The zero-order valence-corrected chi connectivity index (χ0v) is 13.4. The van der Waals surface area contributed by atoms with Crippen molar-refractivity contribution in [2.45, 2.75) is 36.9 Å². The number of anilines is 1. The predicted octanol–water partition coefficient (Wildman–Crippen LogP) is 2.54. The Morgan fingerprint density at radius 3 is 2.77 bits per heavy atom. The zero-order chi connectivity index (χ0) is 15.4. The van der Waals surface area contributed by atoms with Gasteiger partial charge in [-0.2, -0.15) is 0 Å². The molecule has 1 aliphatic rings. The molecule has 0 radical (unpaired) electrons. The second-order valence-electron chi connectivity index (χ2n) is 5.42. The van der Waals surface area contributed by atoms with Crippen LogP contribution in [-0.2, 0) is 4.79 Å². The lowest BCUT2D eigenvalue weighted by Crippen LogP contribution is -2.28. The summed E-state index contributed by atoms with van der Waals surface area (Å²) in [4.78, 5) is 14.0. The van der Waals surface area contributed by atoms with Gasteiger partial charge >= 0.3 is 0 Å². The van der Waals surface area contributed by atoms with Crippen LogP contribution in [0, 0.1) is 0 Å². The van der Waals surface area contributed by atoms with Gasteiger partial charge in [-0.05, 0) is 35.4 Å². The number of para-hydroxylation sites is 1. The maximum Gasteiger partial charge on any atom is 0.237 e. The SMILES string of the molecule is CN(C(=O)CSc1nnnn1C1CCCC1)c1ccccc1. The molecule has 1 amide bonds. The third-order valence-corrected chi connectivity index (χ3v) is 4.89. The van der Waals surface area contributed by atoms with Crippen molar-refractivity contribution in [3.8, 4) is 0 Å². The van der Waals surface area contributed by atoms with Crippen LogP contribution in [-0.4, -0.2) is 38.9 Å². The molecular weight excluding hydrogens is 298 g/mol. The lowest BCUT2D eigenvalue weighted by Gasteiger charge is -2.17. The van der Waals surface area contributed by atoms with E-state index < -0.39 is 0 Å². The van der Waals surface area contributed by atoms with Gasteiger partial charge in [-0.3, -0.25) is 4.79 Å². The highest BCUT2D eigenvalue weighted by molar-refractivity contribution is 7.99. The summed E-state index contributed by atoms with van der Waals surface area (Å²) in [5, 5.41) is 12.7. The molecule has 1 fully saturated rings. The lowest BCUT2D eigenvalue weighted by atomic mass is 10.3. The molecule has 1 aliphatic carbocycles. The van der Waals surface area contributed by atoms with Crippen molar-refractivity contribution in [3.63, 3.8) is 0 Å². The van der Waals surface area contributed by atoms with E-state index in [-0.39, 0.29) is 5.91 Å². The van der Waals surface area contributed by atoms with Crippen LogP contribution in [0.3, 0.4) is 0 Å². The van der Waals surface area contributed by atoms with Gasteiger partial charge in [0.15, 0.2) is 0 Å². The average Bonchev–Trinajstić information content (AvgIpc) is 3.23. The number of amides is 1. The molecule has 1 aromatic heterocycles. The molecule has 1 heterocycles. The van der Waals surface area contributed by atoms with E-state index in [1.165, 1.54) is 24.6 Å². The Bertz CT molecular complexity index is 624. The number of tetrazole rings is 1. The summed E-state index contributed by atoms with van der Waals surface area (Å²) < 4.78 is 1.88. The molecule has 7 heteroatoms. The van der Waals surface area contributed by atoms with Gasteiger partial charge in [-0.15, -0.1) is 5.10 Å². The fourth-order valence-electron chi connectivity index (χ4n) is 2.68. The van der Waals surface area contributed by atoms with Crippen molar-refractivity contribution >= 4 is 23.4 Å². The van der Waals surface area contributed by atoms with Crippen LogP contribution in [0.1, 0.15) is 31.7 Å². The van der Waals surface area contributed by atoms with Gasteiger partial charge in [0.05, 0.1) is 11.8 Å². The van der Waals surface area contributed by atoms with Crippen molar-refractivity contribution < 1.29 is 4.79 Å². The first-order valence-corrected chi connectivity index (χ1v) is 8.46. The van der Waals surface area contributed by atoms with E-state index in [0.717, 1.165) is 23.7 Å². The van der Waals surface area contributed by atoms with Crippen LogP contribution < -0.4 is 4.90 Å². The third kappa shape index (κ3) is 3.30. The number of hydrogen-bond donors (Lipinski definition) is 0. The minimum Gasteiger partial charge on any atom is -0.315 e. The molecule has 0 spiro atoms. The number of nitrogens with zero attached hydrogens (tertiary/aromatic N) is 5. The minimum absolute atomic E-state index is 0.0390. The Morgan fingerprint density at radius 2 is 2.05 bits per heavy atom. The van der Waals surface area contributed by atoms with Crippen molar-refractivity contribution in [3.05, 3.63) is 30.3 Å². The largest absolute Gasteiger partial charge is 0.315 e. The van der Waals surface area contributed by atoms with E-state index in [1.807, 2.05) is 35.0 Å². The van der Waals surface area contributed by atoms with Crippen molar-refractivity contribution in [1.82, 2.24) is 20.2 Å². The standard InChI is InChI=1S/C15H19N5OS/c1-19(12-7-3-2-4-8-12)14(21)11-22-15-16-17-18-20(15)13-9-5-6-10-13/h2-4,7-8,13H,5-6,9-11H2,1H3. The summed E-state index contributed by atoms with van der Waals surface area (Å²) in [6, 6.07) is 10.0. The van der Waals surface area contributed by atoms with Crippen molar-refractivity contribution in [2.24, 2.45) is 0 Å². The van der Waals surface area contributed by atoms with Crippen LogP contribution in [0.25, 0.3) is 0 Å². The Kier molecular flexibility index (Phi) is 4.72. The molecule has 0 bridgehead atoms. The van der Waals surface area contributed by atoms with E-state index in [2.05, 4.69) is 15.5 Å². The first-order valence-electron chi connectivity index (χ1n) is 7.48. The first kappa shape index (κ1) is 15.0. The van der Waals surface area contributed by atoms with E-state index in [9.17, 15) is 4.79 Å². The van der Waals surface area contributed by atoms with Crippen LogP contribution in [0.4, 0.5) is 5.69 Å². The van der Waals surface area contributed by atoms with Crippen LogP contribution in [0.5, 0.6) is 0 Å². The fourth-order valence-corrected chi connectivity index (χ4v) is 3.54. The summed E-state index contributed by atoms with van der Waals surface area (Å²) in [7, 11) is 1.79. The number of hydrogen-bond acceptors (Lipinski definition) is 5. The highest BCUT2D eigenvalue weighted by Gasteiger charge is 2.22. The molecule has 22 heavy (non-hydrogen) atoms. The number of carbonyl (C=O) groups excluding carboxylic acids is 1. The van der Waals surface area contributed by atoms with E-state index in [0.29, 0.717) is 11.8 Å². The number of aromatic nitrogens is 4. The van der Waals surface area contributed by atoms with Crippen LogP contribution in [0.2, 0.25) is 0 Å². The van der Waals surface area contributed by atoms with Gasteiger partial charge in [0, 0.05) is 12.7 Å². The Hall–Kier alpha value is -1.89. The van der Waals surface area contributed by atoms with Crippen molar-refractivity contribution in [2.75, 3.05) is 17.7 Å². The predicted molar refractivity (Wildman–Crippen MR) is 85.9 cm³/mol. The molecule has 0 saturated heterocycles. The average molecular weight is 317 g/mol. The molecule has 1 aromatic carbocycles. The number of thioether (sulfide) groups is 1. The van der Waals surface area contributed by atoms with E-state index >= 15 is 0 Å². The van der Waals surface area contributed by atoms with Gasteiger partial charge in [0.25, 0.3) is 0 Å². The van der Waals surface area contributed by atoms with Gasteiger partial charge in [-0.1, -0.05) is 42.8 Å². The van der Waals surface area contributed by atoms with Crippen LogP contribution >= 0.6 is 11.8 Å². The molecule has 116 valence electrons. The molecule has 0 aliphatic heterocycles. The molecule has 6 nitrogen and oxygen atoms in total. The Labute approximate surface area is 133 Å². The summed E-state index contributed by atoms with van der Waals surface area (Å²) in [6.07, 6.45) is 4.70. The maximum absolute atomic E-state index is 12.3. The van der Waals surface area contributed by atoms with Crippen LogP contribution in [0.15, 0.2) is 35.5 Å². The summed E-state index contributed by atoms with van der Waals surface area (Å²) >= 11 is 1.41. The quantitative estimate of drug-likeness (QED) is 0.793. The molecule has 0 atom stereocenters. The second kappa shape index (κ2) is 6.91. The van der Waals surface area contributed by atoms with Gasteiger partial charge < -0.3 is 4.90 Å². The molecular formula is C15H19N5OS. The molecule has 1 saturated carbocycles. The summed E-state index contributed by atoms with van der Waals surface area (Å²) in [6.45, 7) is 0. The molecule has 2 aromatic rings. The zero-order valence-electron chi connectivity index (χ0n) is 12.6. The van der Waals surface area contributed by atoms with E-state index in [4.69, 9.17) is 0 Å². The van der Waals surface area contributed by atoms with Gasteiger partial charge in [0.2, 0.25) is 11.1 Å².